The van der Waals surface area contributed by atoms with Gasteiger partial charge in [-0.1, -0.05) is 30.3 Å². The van der Waals surface area contributed by atoms with E-state index in [-0.39, 0.29) is 5.75 Å². The number of aliphatic imine (C=N–C) groups is 2. The summed E-state index contributed by atoms with van der Waals surface area (Å²) in [6, 6.07) is 14.2. The molecule has 0 amide bonds. The second-order valence-corrected chi connectivity index (χ2v) is 5.03. The van der Waals surface area contributed by atoms with Gasteiger partial charge in [0.25, 0.3) is 0 Å². The number of hydrogen-bond donors (Lipinski definition) is 2. The average molecular weight is 324 g/mol. The third-order valence-electron chi connectivity index (χ3n) is 3.27. The van der Waals surface area contributed by atoms with Gasteiger partial charge in [-0.25, -0.2) is 0 Å². The van der Waals surface area contributed by atoms with Crippen molar-refractivity contribution in [3.63, 3.8) is 0 Å². The van der Waals surface area contributed by atoms with Crippen molar-refractivity contribution < 1.29 is 5.11 Å². The first-order chi connectivity index (χ1) is 11.8. The Morgan fingerprint density at radius 3 is 2.12 bits per heavy atom. The molecule has 2 N–H and O–H groups in total. The van der Waals surface area contributed by atoms with Crippen molar-refractivity contribution in [3.05, 3.63) is 64.6 Å². The van der Waals surface area contributed by atoms with Crippen LogP contribution in [0.3, 0.4) is 0 Å². The lowest BCUT2D eigenvalue weighted by Crippen LogP contribution is -2.20. The summed E-state index contributed by atoms with van der Waals surface area (Å²) < 4.78 is 0. The van der Waals surface area contributed by atoms with E-state index in [1.165, 1.54) is 0 Å². The van der Waals surface area contributed by atoms with E-state index in [4.69, 9.17) is 0 Å². The van der Waals surface area contributed by atoms with Crippen molar-refractivity contribution >= 4 is 18.1 Å². The monoisotopic (exact) mass is 324 g/mol. The minimum absolute atomic E-state index is 0.230. The molecule has 2 aromatic carbocycles. The van der Waals surface area contributed by atoms with Gasteiger partial charge in [-0.3, -0.25) is 9.98 Å². The molecular formula is C18H20N4O2. The fourth-order valence-corrected chi connectivity index (χ4v) is 2.01. The molecule has 2 rings (SSSR count). The van der Waals surface area contributed by atoms with Gasteiger partial charge < -0.3 is 10.4 Å². The lowest BCUT2D eigenvalue weighted by Gasteiger charge is -2.00. The highest BCUT2D eigenvalue weighted by Gasteiger charge is 1.97. The molecule has 0 fully saturated rings. The maximum Gasteiger partial charge on any atom is 0.124 e. The highest BCUT2D eigenvalue weighted by atomic mass is 16.3. The van der Waals surface area contributed by atoms with Gasteiger partial charge in [-0.2, -0.15) is 0 Å². The summed E-state index contributed by atoms with van der Waals surface area (Å²) in [6.45, 7) is 2.68. The average Bonchev–Trinajstić information content (AvgIpc) is 2.62. The molecule has 0 aliphatic carbocycles. The highest BCUT2D eigenvalue weighted by molar-refractivity contribution is 5.86. The number of nitrogens with zero attached hydrogens (tertiary/aromatic N) is 3. The zero-order valence-electron chi connectivity index (χ0n) is 13.3. The first kappa shape index (κ1) is 17.5. The number of aromatic hydroxyl groups is 1. The van der Waals surface area contributed by atoms with E-state index in [1.54, 1.807) is 42.8 Å². The maximum absolute atomic E-state index is 10.6. The molecule has 0 aromatic heterocycles. The maximum atomic E-state index is 10.6. The SMILES string of the molecule is O=Nc1ccccc1C=NCCNCCN=Cc1ccccc1O. The molecule has 0 radical (unpaired) electrons. The minimum atomic E-state index is 0.230. The second-order valence-electron chi connectivity index (χ2n) is 5.03. The molecule has 2 aromatic rings. The quantitative estimate of drug-likeness (QED) is 0.422. The zero-order chi connectivity index (χ0) is 17.0. The minimum Gasteiger partial charge on any atom is -0.507 e. The predicted octanol–water partition coefficient (Wildman–Crippen LogP) is 2.92. The number of para-hydroxylation sites is 1. The van der Waals surface area contributed by atoms with Crippen molar-refractivity contribution in [1.29, 1.82) is 0 Å². The van der Waals surface area contributed by atoms with E-state index in [0.29, 0.717) is 24.3 Å². The molecule has 0 aliphatic heterocycles. The Bertz CT molecular complexity index is 714. The molecule has 24 heavy (non-hydrogen) atoms. The van der Waals surface area contributed by atoms with Crippen LogP contribution in [0.1, 0.15) is 11.1 Å². The number of nitroso groups, excluding NO2 is 1. The summed E-state index contributed by atoms with van der Waals surface area (Å²) in [6.07, 6.45) is 3.33. The summed E-state index contributed by atoms with van der Waals surface area (Å²) in [7, 11) is 0. The smallest absolute Gasteiger partial charge is 0.124 e. The van der Waals surface area contributed by atoms with Gasteiger partial charge in [0.1, 0.15) is 11.4 Å². The number of benzene rings is 2. The topological polar surface area (TPSA) is 86.4 Å². The summed E-state index contributed by atoms with van der Waals surface area (Å²) in [5.41, 5.74) is 1.83. The Kier molecular flexibility index (Phi) is 7.30. The Balaban J connectivity index is 1.62. The third kappa shape index (κ3) is 5.73. The van der Waals surface area contributed by atoms with Gasteiger partial charge in [0.05, 0.1) is 13.1 Å². The molecule has 0 saturated carbocycles. The van der Waals surface area contributed by atoms with E-state index in [2.05, 4.69) is 20.5 Å². The summed E-state index contributed by atoms with van der Waals surface area (Å²) >= 11 is 0. The van der Waals surface area contributed by atoms with E-state index in [9.17, 15) is 10.0 Å². The first-order valence-corrected chi connectivity index (χ1v) is 7.72. The molecule has 6 heteroatoms. The van der Waals surface area contributed by atoms with Crippen molar-refractivity contribution in [2.45, 2.75) is 0 Å². The van der Waals surface area contributed by atoms with Crippen LogP contribution in [0.2, 0.25) is 0 Å². The molecule has 0 aliphatic rings. The molecule has 0 heterocycles. The van der Waals surface area contributed by atoms with Gasteiger partial charge in [-0.15, -0.1) is 4.91 Å². The molecule has 0 spiro atoms. The Morgan fingerprint density at radius 2 is 1.46 bits per heavy atom. The number of hydrogen-bond acceptors (Lipinski definition) is 6. The lowest BCUT2D eigenvalue weighted by atomic mass is 10.2. The van der Waals surface area contributed by atoms with Crippen molar-refractivity contribution in [2.75, 3.05) is 26.2 Å². The zero-order valence-corrected chi connectivity index (χ0v) is 13.3. The van der Waals surface area contributed by atoms with E-state index in [0.717, 1.165) is 18.7 Å². The van der Waals surface area contributed by atoms with Gasteiger partial charge in [-0.05, 0) is 23.4 Å². The van der Waals surface area contributed by atoms with Gasteiger partial charge in [0.15, 0.2) is 0 Å². The largest absolute Gasteiger partial charge is 0.507 e. The number of nitrogens with one attached hydrogen (secondary N) is 1. The fraction of sp³-hybridized carbons (Fsp3) is 0.222. The number of phenols is 1. The van der Waals surface area contributed by atoms with E-state index >= 15 is 0 Å². The van der Waals surface area contributed by atoms with Crippen molar-refractivity contribution in [2.24, 2.45) is 15.2 Å². The summed E-state index contributed by atoms with van der Waals surface area (Å²) in [5, 5.41) is 15.8. The molecule has 0 saturated heterocycles. The Labute approximate surface area is 141 Å². The van der Waals surface area contributed by atoms with E-state index < -0.39 is 0 Å². The van der Waals surface area contributed by atoms with E-state index in [1.807, 2.05) is 18.2 Å². The molecule has 6 nitrogen and oxygen atoms in total. The third-order valence-corrected chi connectivity index (χ3v) is 3.27. The summed E-state index contributed by atoms with van der Waals surface area (Å²) in [5.74, 6) is 0.230. The van der Waals surface area contributed by atoms with Crippen LogP contribution in [0, 0.1) is 4.91 Å². The van der Waals surface area contributed by atoms with Crippen LogP contribution in [-0.4, -0.2) is 43.7 Å². The van der Waals surface area contributed by atoms with Crippen molar-refractivity contribution in [1.82, 2.24) is 5.32 Å². The van der Waals surface area contributed by atoms with Gasteiger partial charge in [0.2, 0.25) is 0 Å². The van der Waals surface area contributed by atoms with Crippen LogP contribution < -0.4 is 5.32 Å². The van der Waals surface area contributed by atoms with Crippen LogP contribution in [0.5, 0.6) is 5.75 Å². The van der Waals surface area contributed by atoms with Crippen LogP contribution in [0.4, 0.5) is 5.69 Å². The normalized spacial score (nSPS) is 11.3. The standard InChI is InChI=1S/C18H20N4O2/c23-18-8-4-2-6-16(18)14-21-12-10-19-9-11-20-13-15-5-1-3-7-17(15)22-24/h1-8,13-14,19,23H,9-12H2. The van der Waals surface area contributed by atoms with Crippen LogP contribution in [0.25, 0.3) is 0 Å². The van der Waals surface area contributed by atoms with Gasteiger partial charge in [0, 0.05) is 36.6 Å². The number of phenolic OH excluding ortho intramolecular Hbond substituents is 1. The van der Waals surface area contributed by atoms with Crippen LogP contribution in [0.15, 0.2) is 63.7 Å². The Hall–Kier alpha value is -2.86. The summed E-state index contributed by atoms with van der Waals surface area (Å²) in [4.78, 5) is 19.2. The number of rotatable bonds is 9. The molecular weight excluding hydrogens is 304 g/mol. The Morgan fingerprint density at radius 1 is 0.875 bits per heavy atom. The highest BCUT2D eigenvalue weighted by Crippen LogP contribution is 2.15. The first-order valence-electron chi connectivity index (χ1n) is 7.72. The van der Waals surface area contributed by atoms with Crippen LogP contribution in [-0.2, 0) is 0 Å². The van der Waals surface area contributed by atoms with Crippen molar-refractivity contribution in [3.8, 4) is 5.75 Å². The molecule has 0 unspecified atom stereocenters. The predicted molar refractivity (Wildman–Crippen MR) is 97.8 cm³/mol. The lowest BCUT2D eigenvalue weighted by molar-refractivity contribution is 0.474. The second kappa shape index (κ2) is 10.0. The van der Waals surface area contributed by atoms with Crippen LogP contribution >= 0.6 is 0 Å². The molecule has 124 valence electrons. The molecule has 0 bridgehead atoms. The van der Waals surface area contributed by atoms with Gasteiger partial charge >= 0.3 is 0 Å². The fourth-order valence-electron chi connectivity index (χ4n) is 2.01. The molecule has 0 atom stereocenters.